The molecule has 2 aliphatic rings. The molecular formula is C19H25N5O. The number of rotatable bonds is 3. The Labute approximate surface area is 148 Å². The molecular weight excluding hydrogens is 314 g/mol. The molecule has 0 bridgehead atoms. The minimum absolute atomic E-state index is 0.320. The number of carbonyl (C=O) groups excluding carboxylic acids is 1. The number of piperidine rings is 1. The van der Waals surface area contributed by atoms with E-state index in [0.717, 1.165) is 68.0 Å². The van der Waals surface area contributed by atoms with Crippen LogP contribution in [-0.2, 0) is 4.79 Å². The van der Waals surface area contributed by atoms with E-state index in [1.54, 1.807) is 6.33 Å². The summed E-state index contributed by atoms with van der Waals surface area (Å²) < 4.78 is 0. The average Bonchev–Trinajstić information content (AvgIpc) is 2.99. The third-order valence-corrected chi connectivity index (χ3v) is 5.38. The number of fused-ring (bicyclic) bond motifs is 1. The highest BCUT2D eigenvalue weighted by Crippen LogP contribution is 2.30. The van der Waals surface area contributed by atoms with Crippen molar-refractivity contribution in [3.05, 3.63) is 23.7 Å². The van der Waals surface area contributed by atoms with Crippen molar-refractivity contribution in [1.82, 2.24) is 19.9 Å². The van der Waals surface area contributed by atoms with Crippen LogP contribution >= 0.6 is 0 Å². The van der Waals surface area contributed by atoms with Crippen LogP contribution in [0.5, 0.6) is 0 Å². The first kappa shape index (κ1) is 16.2. The van der Waals surface area contributed by atoms with Gasteiger partial charge in [0, 0.05) is 38.3 Å². The molecule has 0 unspecified atom stereocenters. The predicted molar refractivity (Wildman–Crippen MR) is 97.6 cm³/mol. The number of amides is 1. The number of aryl methyl sites for hydroxylation is 2. The topological polar surface area (TPSA) is 62.2 Å². The van der Waals surface area contributed by atoms with Crippen LogP contribution in [0, 0.1) is 19.8 Å². The first-order valence-corrected chi connectivity index (χ1v) is 9.23. The molecule has 4 rings (SSSR count). The second-order valence-corrected chi connectivity index (χ2v) is 7.37. The molecule has 0 aromatic carbocycles. The van der Waals surface area contributed by atoms with Gasteiger partial charge in [0.25, 0.3) is 0 Å². The molecule has 2 aliphatic heterocycles. The molecule has 0 saturated carbocycles. The van der Waals surface area contributed by atoms with E-state index in [-0.39, 0.29) is 0 Å². The van der Waals surface area contributed by atoms with Crippen molar-refractivity contribution in [2.75, 3.05) is 31.1 Å². The second-order valence-electron chi connectivity index (χ2n) is 7.37. The summed E-state index contributed by atoms with van der Waals surface area (Å²) in [7, 11) is 0. The largest absolute Gasteiger partial charge is 0.356 e. The van der Waals surface area contributed by atoms with Crippen LogP contribution in [0.1, 0.15) is 36.9 Å². The molecule has 2 aromatic heterocycles. The van der Waals surface area contributed by atoms with Gasteiger partial charge in [-0.15, -0.1) is 0 Å². The summed E-state index contributed by atoms with van der Waals surface area (Å²) in [5.74, 6) is 1.83. The normalized spacial score (nSPS) is 21.4. The molecule has 0 radical (unpaired) electrons. The van der Waals surface area contributed by atoms with Crippen LogP contribution in [0.25, 0.3) is 11.0 Å². The first-order chi connectivity index (χ1) is 12.1. The lowest BCUT2D eigenvalue weighted by Crippen LogP contribution is -2.42. The molecule has 25 heavy (non-hydrogen) atoms. The number of pyridine rings is 1. The van der Waals surface area contributed by atoms with E-state index in [2.05, 4.69) is 32.8 Å². The number of aromatic nitrogens is 3. The van der Waals surface area contributed by atoms with Crippen LogP contribution in [0.2, 0.25) is 0 Å². The zero-order valence-electron chi connectivity index (χ0n) is 15.0. The average molecular weight is 339 g/mol. The molecule has 0 spiro atoms. The Balaban J connectivity index is 1.59. The van der Waals surface area contributed by atoms with Gasteiger partial charge >= 0.3 is 0 Å². The summed E-state index contributed by atoms with van der Waals surface area (Å²) >= 11 is 0. The Hall–Kier alpha value is -2.24. The second kappa shape index (κ2) is 6.58. The number of hydrogen-bond donors (Lipinski definition) is 0. The van der Waals surface area contributed by atoms with Gasteiger partial charge in [0.1, 0.15) is 12.1 Å². The lowest BCUT2D eigenvalue weighted by molar-refractivity contribution is -0.128. The van der Waals surface area contributed by atoms with E-state index in [9.17, 15) is 4.79 Å². The minimum atomic E-state index is 0.320. The Bertz CT molecular complexity index is 806. The van der Waals surface area contributed by atoms with Crippen LogP contribution in [0.15, 0.2) is 12.4 Å². The fraction of sp³-hybridized carbons (Fsp3) is 0.579. The maximum absolute atomic E-state index is 11.9. The number of nitrogens with zero attached hydrogens (tertiary/aromatic N) is 5. The van der Waals surface area contributed by atoms with Gasteiger partial charge in [0.05, 0.1) is 5.39 Å². The van der Waals surface area contributed by atoms with Crippen LogP contribution in [0.4, 0.5) is 5.82 Å². The van der Waals surface area contributed by atoms with Crippen molar-refractivity contribution < 1.29 is 4.79 Å². The molecule has 6 heteroatoms. The van der Waals surface area contributed by atoms with Gasteiger partial charge in [-0.2, -0.15) is 0 Å². The van der Waals surface area contributed by atoms with E-state index >= 15 is 0 Å². The summed E-state index contributed by atoms with van der Waals surface area (Å²) in [5, 5.41) is 1.06. The third-order valence-electron chi connectivity index (χ3n) is 5.38. The van der Waals surface area contributed by atoms with Gasteiger partial charge < -0.3 is 9.80 Å². The fourth-order valence-corrected chi connectivity index (χ4v) is 4.24. The summed E-state index contributed by atoms with van der Waals surface area (Å²) in [4.78, 5) is 29.9. The Kier molecular flexibility index (Phi) is 4.27. The van der Waals surface area contributed by atoms with Gasteiger partial charge in [-0.25, -0.2) is 15.0 Å². The Morgan fingerprint density at radius 2 is 2.08 bits per heavy atom. The Morgan fingerprint density at radius 1 is 1.20 bits per heavy atom. The molecule has 1 atom stereocenters. The zero-order chi connectivity index (χ0) is 17.4. The number of anilines is 1. The first-order valence-electron chi connectivity index (χ1n) is 9.23. The molecule has 0 aliphatic carbocycles. The minimum Gasteiger partial charge on any atom is -0.356 e. The van der Waals surface area contributed by atoms with Gasteiger partial charge in [-0.3, -0.25) is 4.79 Å². The standard InChI is InChI=1S/C19H25N5O/c1-13-9-14(2)22-18-17(13)19(21-12-20-18)24-8-3-5-15(11-24)10-23-7-4-6-16(23)25/h9,12,15H,3-8,10-11H2,1-2H3/t15-/m1/s1. The monoisotopic (exact) mass is 339 g/mol. The van der Waals surface area contributed by atoms with E-state index < -0.39 is 0 Å². The van der Waals surface area contributed by atoms with E-state index in [0.29, 0.717) is 11.8 Å². The predicted octanol–water partition coefficient (Wildman–Crippen LogP) is 2.48. The fourth-order valence-electron chi connectivity index (χ4n) is 4.24. The third kappa shape index (κ3) is 3.17. The number of hydrogen-bond acceptors (Lipinski definition) is 5. The maximum atomic E-state index is 11.9. The van der Waals surface area contributed by atoms with Crippen molar-refractivity contribution >= 4 is 22.8 Å². The summed E-state index contributed by atoms with van der Waals surface area (Å²) in [6.45, 7) is 7.86. The van der Waals surface area contributed by atoms with Gasteiger partial charge in [0.2, 0.25) is 5.91 Å². The molecule has 2 fully saturated rings. The number of likely N-dealkylation sites (tertiary alicyclic amines) is 1. The highest BCUT2D eigenvalue weighted by atomic mass is 16.2. The van der Waals surface area contributed by atoms with Crippen molar-refractivity contribution in [2.24, 2.45) is 5.92 Å². The quantitative estimate of drug-likeness (QED) is 0.860. The molecule has 132 valence electrons. The highest BCUT2D eigenvalue weighted by molar-refractivity contribution is 5.90. The number of carbonyl (C=O) groups is 1. The lowest BCUT2D eigenvalue weighted by atomic mass is 9.97. The van der Waals surface area contributed by atoms with Crippen molar-refractivity contribution in [1.29, 1.82) is 0 Å². The van der Waals surface area contributed by atoms with E-state index in [4.69, 9.17) is 0 Å². The Morgan fingerprint density at radius 3 is 2.88 bits per heavy atom. The molecule has 2 aromatic rings. The van der Waals surface area contributed by atoms with Crippen molar-refractivity contribution in [2.45, 2.75) is 39.5 Å². The van der Waals surface area contributed by atoms with E-state index in [1.807, 2.05) is 11.8 Å². The lowest BCUT2D eigenvalue weighted by Gasteiger charge is -2.35. The SMILES string of the molecule is Cc1cc(C)c2c(N3CCC[C@H](CN4CCCC4=O)C3)ncnc2n1. The molecule has 1 amide bonds. The molecule has 2 saturated heterocycles. The zero-order valence-corrected chi connectivity index (χ0v) is 15.0. The van der Waals surface area contributed by atoms with Gasteiger partial charge in [0.15, 0.2) is 5.65 Å². The summed E-state index contributed by atoms with van der Waals surface area (Å²) in [6.07, 6.45) is 5.67. The van der Waals surface area contributed by atoms with Crippen LogP contribution in [-0.4, -0.2) is 51.9 Å². The summed E-state index contributed by atoms with van der Waals surface area (Å²) in [6, 6.07) is 2.10. The van der Waals surface area contributed by atoms with Gasteiger partial charge in [-0.1, -0.05) is 0 Å². The highest BCUT2D eigenvalue weighted by Gasteiger charge is 2.28. The van der Waals surface area contributed by atoms with Gasteiger partial charge in [-0.05, 0) is 50.7 Å². The molecule has 6 nitrogen and oxygen atoms in total. The van der Waals surface area contributed by atoms with E-state index in [1.165, 1.54) is 12.0 Å². The smallest absolute Gasteiger partial charge is 0.222 e. The summed E-state index contributed by atoms with van der Waals surface area (Å²) in [5.41, 5.74) is 2.94. The van der Waals surface area contributed by atoms with Crippen molar-refractivity contribution in [3.63, 3.8) is 0 Å². The molecule has 0 N–H and O–H groups in total. The molecule has 4 heterocycles. The van der Waals surface area contributed by atoms with Crippen LogP contribution < -0.4 is 4.90 Å². The maximum Gasteiger partial charge on any atom is 0.222 e. The van der Waals surface area contributed by atoms with Crippen LogP contribution in [0.3, 0.4) is 0 Å². The van der Waals surface area contributed by atoms with Crippen molar-refractivity contribution in [3.8, 4) is 0 Å².